The molecule has 0 aromatic carbocycles. The summed E-state index contributed by atoms with van der Waals surface area (Å²) < 4.78 is 45.7. The van der Waals surface area contributed by atoms with Gasteiger partial charge in [0.15, 0.2) is 11.2 Å². The van der Waals surface area contributed by atoms with E-state index in [4.69, 9.17) is 0 Å². The predicted molar refractivity (Wildman–Crippen MR) is 90.5 cm³/mol. The number of hydrogen-bond donors (Lipinski definition) is 4. The predicted octanol–water partition coefficient (Wildman–Crippen LogP) is -12.1. The Bertz CT molecular complexity index is 1170. The summed E-state index contributed by atoms with van der Waals surface area (Å²) in [6.45, 7) is -0.824. The molecule has 1 aliphatic rings. The summed E-state index contributed by atoms with van der Waals surface area (Å²) in [4.78, 5) is 63.2. The molecule has 2 unspecified atom stereocenters. The normalized spacial score (nSPS) is 25.9. The van der Waals surface area contributed by atoms with E-state index in [1.165, 1.54) is 10.9 Å². The summed E-state index contributed by atoms with van der Waals surface area (Å²) in [5, 5.41) is 20.5. The fraction of sp³-hybridized carbons (Fsp3) is 0.545. The molecule has 0 bridgehead atoms. The van der Waals surface area contributed by atoms with Gasteiger partial charge in [-0.25, -0.2) is 18.8 Å². The Balaban J connectivity index is 0.00000363. The quantitative estimate of drug-likeness (QED) is 0.169. The Labute approximate surface area is 257 Å². The van der Waals surface area contributed by atoms with E-state index < -0.39 is 59.8 Å². The van der Waals surface area contributed by atoms with Crippen LogP contribution in [0.25, 0.3) is 11.2 Å². The number of fused-ring (bicyclic) bond motifs is 1. The van der Waals surface area contributed by atoms with Gasteiger partial charge >= 0.3 is 96.5 Å². The van der Waals surface area contributed by atoms with Gasteiger partial charge in [0.1, 0.15) is 6.10 Å². The van der Waals surface area contributed by atoms with Gasteiger partial charge in [-0.15, -0.1) is 0 Å². The summed E-state index contributed by atoms with van der Waals surface area (Å²) in [6.07, 6.45) is -0.766. The van der Waals surface area contributed by atoms with E-state index in [-0.39, 0.29) is 106 Å². The number of phosphoric ester groups is 1. The molecule has 2 heterocycles. The molecule has 0 amide bonds. The van der Waals surface area contributed by atoms with Crippen molar-refractivity contribution >= 4 is 34.6 Å². The van der Waals surface area contributed by atoms with Crippen molar-refractivity contribution in [2.75, 3.05) is 6.61 Å². The zero-order valence-corrected chi connectivity index (χ0v) is 26.7. The van der Waals surface area contributed by atoms with E-state index in [2.05, 4.69) is 28.1 Å². The van der Waals surface area contributed by atoms with E-state index >= 15 is 0 Å². The van der Waals surface area contributed by atoms with Crippen LogP contribution in [0.5, 0.6) is 0 Å². The van der Waals surface area contributed by atoms with Crippen LogP contribution in [0.3, 0.4) is 0 Å². The first-order valence-corrected chi connectivity index (χ1v) is 12.6. The Morgan fingerprint density at radius 2 is 1.71 bits per heavy atom. The van der Waals surface area contributed by atoms with Gasteiger partial charge in [-0.3, -0.25) is 18.2 Å². The minimum Gasteiger partial charge on any atom is -0.790 e. The maximum Gasteiger partial charge on any atom is 1.00 e. The van der Waals surface area contributed by atoms with Crippen LogP contribution >= 0.6 is 23.5 Å². The molecule has 1 saturated carbocycles. The number of aromatic nitrogens is 4. The molecule has 3 rings (SSSR count). The first-order chi connectivity index (χ1) is 14.2. The third-order valence-electron chi connectivity index (χ3n) is 4.35. The van der Waals surface area contributed by atoms with Gasteiger partial charge in [0.25, 0.3) is 13.4 Å². The molecule has 2 aromatic rings. The summed E-state index contributed by atoms with van der Waals surface area (Å²) in [7, 11) is -17.6. The summed E-state index contributed by atoms with van der Waals surface area (Å²) in [5.74, 6) is -1.04. The number of aromatic amines is 1. The molecule has 0 radical (unpaired) electrons. The fourth-order valence-electron chi connectivity index (χ4n) is 3.12. The molecule has 0 saturated heterocycles. The van der Waals surface area contributed by atoms with Gasteiger partial charge in [0.05, 0.1) is 39.2 Å². The SMILES string of the molecule is O=c1[nH]cnc2c1ncn2[C@@H]1C[C@H](COP(=O)(O)OP(=O)([O-])OP(=O)([O-])[O-])[C@@H](O)[C@H]1O.[Na+].[Na+].[Na+]. The summed E-state index contributed by atoms with van der Waals surface area (Å²) in [5.41, 5.74) is -0.473. The number of aliphatic hydroxyl groups is 2. The second-order valence-electron chi connectivity index (χ2n) is 6.42. The van der Waals surface area contributed by atoms with Crippen molar-refractivity contribution in [3.63, 3.8) is 0 Å². The third-order valence-corrected chi connectivity index (χ3v) is 8.05. The van der Waals surface area contributed by atoms with Crippen molar-refractivity contribution in [2.45, 2.75) is 24.7 Å². The van der Waals surface area contributed by atoms with Crippen LogP contribution in [0.4, 0.5) is 0 Å². The first-order valence-electron chi connectivity index (χ1n) is 8.18. The van der Waals surface area contributed by atoms with Crippen molar-refractivity contribution in [3.8, 4) is 0 Å². The fourth-order valence-corrected chi connectivity index (χ4v) is 6.07. The number of H-pyrrole nitrogens is 1. The first kappa shape index (κ1) is 35.7. The molecule has 0 spiro atoms. The number of nitrogens with one attached hydrogen (secondary N) is 1. The third kappa shape index (κ3) is 9.16. The molecule has 4 N–H and O–H groups in total. The molecule has 17 nitrogen and oxygen atoms in total. The van der Waals surface area contributed by atoms with E-state index in [9.17, 15) is 48.3 Å². The van der Waals surface area contributed by atoms with Crippen LogP contribution < -0.4 is 109 Å². The maximum absolute atomic E-state index is 11.7. The zero-order valence-electron chi connectivity index (χ0n) is 18.0. The topological polar surface area (TPSA) is 272 Å². The van der Waals surface area contributed by atoms with Crippen molar-refractivity contribution < 1.29 is 145 Å². The number of phosphoric acid groups is 3. The standard InChI is InChI=1S/C11H17N4O13P3.3Na/c16-8-5(2-26-30(22,23)28-31(24,25)27-29(19,20)21)1-6(9(8)17)15-4-14-7-10(15)12-3-13-11(7)18;;;/h3-6,8-9,16-17H,1-2H2,(H,22,23)(H,24,25)(H,12,13,18)(H2,19,20,21);;;/q;3*+1/p-3/t5-,6-,8-,9+;;;/m1.../s1. The van der Waals surface area contributed by atoms with Gasteiger partial charge < -0.3 is 43.9 Å². The molecule has 1 fully saturated rings. The van der Waals surface area contributed by atoms with Crippen molar-refractivity contribution in [1.82, 2.24) is 19.5 Å². The van der Waals surface area contributed by atoms with E-state index in [1.54, 1.807) is 0 Å². The van der Waals surface area contributed by atoms with Crippen LogP contribution in [0.15, 0.2) is 17.4 Å². The number of imidazole rings is 1. The Hall–Kier alpha value is 1.68. The number of aliphatic hydroxyl groups excluding tert-OH is 2. The average molecular weight is 572 g/mol. The molecule has 174 valence electrons. The molecule has 2 aromatic heterocycles. The van der Waals surface area contributed by atoms with Crippen molar-refractivity contribution in [3.05, 3.63) is 23.0 Å². The number of rotatable bonds is 8. The Morgan fingerprint density at radius 1 is 1.09 bits per heavy atom. The second-order valence-corrected chi connectivity index (χ2v) is 10.7. The van der Waals surface area contributed by atoms with E-state index in [1.807, 2.05) is 0 Å². The maximum atomic E-state index is 11.7. The molecule has 6 atom stereocenters. The van der Waals surface area contributed by atoms with Crippen molar-refractivity contribution in [2.24, 2.45) is 5.92 Å². The summed E-state index contributed by atoms with van der Waals surface area (Å²) in [6, 6.07) is -0.886. The molecule has 23 heteroatoms. The monoisotopic (exact) mass is 572 g/mol. The molecule has 34 heavy (non-hydrogen) atoms. The molecule has 0 aliphatic heterocycles. The molecule has 1 aliphatic carbocycles. The second kappa shape index (κ2) is 13.7. The van der Waals surface area contributed by atoms with Crippen molar-refractivity contribution in [1.29, 1.82) is 0 Å². The number of nitrogens with zero attached hydrogens (tertiary/aromatic N) is 3. The van der Waals surface area contributed by atoms with Crippen LogP contribution in [-0.2, 0) is 26.8 Å². The van der Waals surface area contributed by atoms with Gasteiger partial charge in [-0.05, 0) is 6.42 Å². The Morgan fingerprint density at radius 3 is 2.29 bits per heavy atom. The Kier molecular flexibility index (Phi) is 14.3. The van der Waals surface area contributed by atoms with Gasteiger partial charge in [0.2, 0.25) is 0 Å². The minimum absolute atomic E-state index is 0. The minimum atomic E-state index is -6.09. The smallest absolute Gasteiger partial charge is 0.790 e. The largest absolute Gasteiger partial charge is 1.00 e. The van der Waals surface area contributed by atoms with Gasteiger partial charge in [-0.1, -0.05) is 0 Å². The number of hydrogen-bond acceptors (Lipinski definition) is 14. The zero-order chi connectivity index (χ0) is 23.2. The van der Waals surface area contributed by atoms with Crippen LogP contribution in [0, 0.1) is 5.92 Å². The van der Waals surface area contributed by atoms with Crippen LogP contribution in [-0.4, -0.2) is 53.4 Å². The summed E-state index contributed by atoms with van der Waals surface area (Å²) >= 11 is 0. The molecular formula is C11H14N4Na3O13P3. The van der Waals surface area contributed by atoms with E-state index in [0.717, 1.165) is 6.33 Å². The average Bonchev–Trinajstić information content (AvgIpc) is 3.13. The molecular weight excluding hydrogens is 558 g/mol. The van der Waals surface area contributed by atoms with Crippen LogP contribution in [0.2, 0.25) is 0 Å². The van der Waals surface area contributed by atoms with Gasteiger partial charge in [-0.2, -0.15) is 0 Å². The van der Waals surface area contributed by atoms with E-state index in [0.29, 0.717) is 0 Å². The van der Waals surface area contributed by atoms with Crippen LogP contribution in [0.1, 0.15) is 12.5 Å². The van der Waals surface area contributed by atoms with Gasteiger partial charge in [0, 0.05) is 5.92 Å².